The van der Waals surface area contributed by atoms with Crippen LogP contribution >= 0.6 is 11.6 Å². The number of esters is 1. The number of carbonyl (C=O) groups is 1. The monoisotopic (exact) mass is 261 g/mol. The summed E-state index contributed by atoms with van der Waals surface area (Å²) in [5.41, 5.74) is 1.89. The summed E-state index contributed by atoms with van der Waals surface area (Å²) < 4.78 is 4.68. The lowest BCUT2D eigenvalue weighted by Crippen LogP contribution is -2.00. The van der Waals surface area contributed by atoms with Crippen LogP contribution in [0.1, 0.15) is 10.4 Å². The van der Waals surface area contributed by atoms with E-state index in [-0.39, 0.29) is 5.97 Å². The van der Waals surface area contributed by atoms with E-state index in [4.69, 9.17) is 11.6 Å². The molecule has 0 saturated heterocycles. The number of H-pyrrole nitrogens is 1. The van der Waals surface area contributed by atoms with Crippen LogP contribution in [0.4, 0.5) is 0 Å². The van der Waals surface area contributed by atoms with Gasteiger partial charge in [0.25, 0.3) is 0 Å². The molecule has 1 aromatic carbocycles. The van der Waals surface area contributed by atoms with Crippen LogP contribution in [0.15, 0.2) is 24.5 Å². The Morgan fingerprint density at radius 3 is 3.00 bits per heavy atom. The van der Waals surface area contributed by atoms with Crippen molar-refractivity contribution in [2.75, 3.05) is 7.11 Å². The molecule has 0 unspecified atom stereocenters. The number of halogens is 1. The molecule has 5 nitrogen and oxygen atoms in total. The van der Waals surface area contributed by atoms with E-state index in [1.165, 1.54) is 13.4 Å². The summed E-state index contributed by atoms with van der Waals surface area (Å²) in [6.07, 6.45) is 1.39. The second kappa shape index (κ2) is 3.96. The lowest BCUT2D eigenvalue weighted by molar-refractivity contribution is 0.0601. The van der Waals surface area contributed by atoms with Gasteiger partial charge in [0.15, 0.2) is 0 Å². The number of rotatable bonds is 1. The van der Waals surface area contributed by atoms with Gasteiger partial charge in [0.1, 0.15) is 17.1 Å². The van der Waals surface area contributed by atoms with Crippen LogP contribution in [-0.2, 0) is 4.74 Å². The Balaban J connectivity index is 2.34. The van der Waals surface area contributed by atoms with Crippen molar-refractivity contribution in [2.24, 2.45) is 0 Å². The summed E-state index contributed by atoms with van der Waals surface area (Å²) in [5.74, 6) is -0.382. The second-order valence-electron chi connectivity index (χ2n) is 3.77. The number of ether oxygens (including phenoxy) is 1. The Hall–Kier alpha value is -2.14. The minimum atomic E-state index is -0.382. The van der Waals surface area contributed by atoms with Crippen molar-refractivity contribution in [3.8, 4) is 0 Å². The standard InChI is InChI=1S/C12H8ClN3O2/c1-18-12(17)6-2-3-7-8(4-6)16-11-9(7)10(13)14-5-15-11/h2-5H,1H3,(H,14,15,16). The van der Waals surface area contributed by atoms with Crippen LogP contribution in [0, 0.1) is 0 Å². The van der Waals surface area contributed by atoms with E-state index in [1.54, 1.807) is 18.2 Å². The van der Waals surface area contributed by atoms with E-state index >= 15 is 0 Å². The predicted molar refractivity (Wildman–Crippen MR) is 67.7 cm³/mol. The van der Waals surface area contributed by atoms with Gasteiger partial charge in [0.05, 0.1) is 18.1 Å². The summed E-state index contributed by atoms with van der Waals surface area (Å²) in [6.45, 7) is 0. The third kappa shape index (κ3) is 1.52. The number of aromatic amines is 1. The Morgan fingerprint density at radius 1 is 1.39 bits per heavy atom. The molecule has 0 aliphatic carbocycles. The van der Waals surface area contributed by atoms with Crippen molar-refractivity contribution in [1.82, 2.24) is 15.0 Å². The number of hydrogen-bond donors (Lipinski definition) is 1. The zero-order chi connectivity index (χ0) is 12.7. The molecule has 90 valence electrons. The van der Waals surface area contributed by atoms with E-state index in [9.17, 15) is 4.79 Å². The molecule has 2 aromatic heterocycles. The van der Waals surface area contributed by atoms with Gasteiger partial charge in [0.2, 0.25) is 0 Å². The quantitative estimate of drug-likeness (QED) is 0.540. The third-order valence-electron chi connectivity index (χ3n) is 2.76. The minimum absolute atomic E-state index is 0.382. The average Bonchev–Trinajstić information content (AvgIpc) is 2.76. The van der Waals surface area contributed by atoms with Crippen molar-refractivity contribution in [1.29, 1.82) is 0 Å². The first-order valence-corrected chi connectivity index (χ1v) is 5.59. The van der Waals surface area contributed by atoms with Gasteiger partial charge in [-0.2, -0.15) is 0 Å². The molecule has 0 radical (unpaired) electrons. The molecule has 1 N–H and O–H groups in total. The minimum Gasteiger partial charge on any atom is -0.465 e. The predicted octanol–water partition coefficient (Wildman–Crippen LogP) is 2.55. The van der Waals surface area contributed by atoms with E-state index in [0.717, 1.165) is 16.3 Å². The number of aromatic nitrogens is 3. The maximum absolute atomic E-state index is 11.4. The first-order chi connectivity index (χ1) is 8.70. The molecule has 6 heteroatoms. The van der Waals surface area contributed by atoms with Crippen molar-refractivity contribution in [3.63, 3.8) is 0 Å². The highest BCUT2D eigenvalue weighted by molar-refractivity contribution is 6.36. The van der Waals surface area contributed by atoms with Crippen molar-refractivity contribution in [3.05, 3.63) is 35.2 Å². The van der Waals surface area contributed by atoms with Gasteiger partial charge in [-0.3, -0.25) is 0 Å². The van der Waals surface area contributed by atoms with Crippen LogP contribution in [0.5, 0.6) is 0 Å². The Kier molecular flexibility index (Phi) is 2.41. The number of nitrogens with zero attached hydrogens (tertiary/aromatic N) is 2. The van der Waals surface area contributed by atoms with Gasteiger partial charge in [-0.1, -0.05) is 17.7 Å². The lowest BCUT2D eigenvalue weighted by atomic mass is 10.1. The molecule has 18 heavy (non-hydrogen) atoms. The van der Waals surface area contributed by atoms with Gasteiger partial charge >= 0.3 is 5.97 Å². The number of methoxy groups -OCH3 is 1. The number of nitrogens with one attached hydrogen (secondary N) is 1. The molecule has 0 aliphatic heterocycles. The number of hydrogen-bond acceptors (Lipinski definition) is 4. The Labute approximate surface area is 107 Å². The van der Waals surface area contributed by atoms with Crippen molar-refractivity contribution >= 4 is 39.5 Å². The molecular formula is C12H8ClN3O2. The van der Waals surface area contributed by atoms with Crippen LogP contribution < -0.4 is 0 Å². The van der Waals surface area contributed by atoms with E-state index in [0.29, 0.717) is 16.4 Å². The molecule has 0 amide bonds. The SMILES string of the molecule is COC(=O)c1ccc2c(c1)[nH]c1ncnc(Cl)c12. The number of benzene rings is 1. The summed E-state index contributed by atoms with van der Waals surface area (Å²) in [5, 5.41) is 2.02. The molecule has 3 rings (SSSR count). The Bertz CT molecular complexity index is 766. The van der Waals surface area contributed by atoms with Gasteiger partial charge in [0, 0.05) is 10.9 Å². The zero-order valence-electron chi connectivity index (χ0n) is 9.40. The van der Waals surface area contributed by atoms with E-state index < -0.39 is 0 Å². The Morgan fingerprint density at radius 2 is 2.22 bits per heavy atom. The summed E-state index contributed by atoms with van der Waals surface area (Å²) in [7, 11) is 1.35. The smallest absolute Gasteiger partial charge is 0.337 e. The fraction of sp³-hybridized carbons (Fsp3) is 0.0833. The van der Waals surface area contributed by atoms with Gasteiger partial charge in [-0.25, -0.2) is 14.8 Å². The normalized spacial score (nSPS) is 11.0. The van der Waals surface area contributed by atoms with Crippen LogP contribution in [0.3, 0.4) is 0 Å². The highest BCUT2D eigenvalue weighted by Gasteiger charge is 2.12. The fourth-order valence-corrected chi connectivity index (χ4v) is 2.17. The maximum Gasteiger partial charge on any atom is 0.337 e. The summed E-state index contributed by atoms with van der Waals surface area (Å²) in [6, 6.07) is 5.19. The third-order valence-corrected chi connectivity index (χ3v) is 3.05. The maximum atomic E-state index is 11.4. The first kappa shape index (κ1) is 11.0. The van der Waals surface area contributed by atoms with Gasteiger partial charge in [-0.15, -0.1) is 0 Å². The summed E-state index contributed by atoms with van der Waals surface area (Å²) in [4.78, 5) is 22.6. The van der Waals surface area contributed by atoms with Crippen LogP contribution in [0.2, 0.25) is 5.15 Å². The molecule has 0 fully saturated rings. The van der Waals surface area contributed by atoms with Crippen molar-refractivity contribution < 1.29 is 9.53 Å². The molecule has 0 atom stereocenters. The van der Waals surface area contributed by atoms with E-state index in [1.807, 2.05) is 0 Å². The molecule has 3 aromatic rings. The first-order valence-electron chi connectivity index (χ1n) is 5.21. The van der Waals surface area contributed by atoms with E-state index in [2.05, 4.69) is 19.7 Å². The molecule has 0 spiro atoms. The molecule has 0 bridgehead atoms. The topological polar surface area (TPSA) is 67.9 Å². The molecular weight excluding hydrogens is 254 g/mol. The van der Waals surface area contributed by atoms with Gasteiger partial charge in [-0.05, 0) is 12.1 Å². The average molecular weight is 262 g/mol. The highest BCUT2D eigenvalue weighted by Crippen LogP contribution is 2.29. The largest absolute Gasteiger partial charge is 0.465 e. The molecule has 0 aliphatic rings. The lowest BCUT2D eigenvalue weighted by Gasteiger charge is -1.98. The summed E-state index contributed by atoms with van der Waals surface area (Å²) >= 11 is 6.04. The van der Waals surface area contributed by atoms with Gasteiger partial charge < -0.3 is 9.72 Å². The number of carbonyl (C=O) groups excluding carboxylic acids is 1. The number of fused-ring (bicyclic) bond motifs is 3. The highest BCUT2D eigenvalue weighted by atomic mass is 35.5. The molecule has 2 heterocycles. The molecule has 0 saturated carbocycles. The zero-order valence-corrected chi connectivity index (χ0v) is 10.2. The fourth-order valence-electron chi connectivity index (χ4n) is 1.94. The second-order valence-corrected chi connectivity index (χ2v) is 4.12. The van der Waals surface area contributed by atoms with Crippen LogP contribution in [-0.4, -0.2) is 28.0 Å². The van der Waals surface area contributed by atoms with Crippen molar-refractivity contribution in [2.45, 2.75) is 0 Å². The van der Waals surface area contributed by atoms with Crippen LogP contribution in [0.25, 0.3) is 21.9 Å².